The molecule has 0 bridgehead atoms. The van der Waals surface area contributed by atoms with Crippen LogP contribution < -0.4 is 0 Å². The lowest BCUT2D eigenvalue weighted by Gasteiger charge is -1.85. The highest BCUT2D eigenvalue weighted by atomic mass is 32.1. The summed E-state index contributed by atoms with van der Waals surface area (Å²) in [6.07, 6.45) is 1.84. The second-order valence-corrected chi connectivity index (χ2v) is 2.81. The van der Waals surface area contributed by atoms with Crippen LogP contribution in [-0.2, 0) is 0 Å². The van der Waals surface area contributed by atoms with Crippen molar-refractivity contribution in [2.24, 2.45) is 5.11 Å². The van der Waals surface area contributed by atoms with E-state index in [0.29, 0.717) is 5.70 Å². The van der Waals surface area contributed by atoms with Gasteiger partial charge in [-0.05, 0) is 40.9 Å². The molecule has 0 aliphatic carbocycles. The van der Waals surface area contributed by atoms with Gasteiger partial charge in [0.15, 0.2) is 0 Å². The van der Waals surface area contributed by atoms with E-state index >= 15 is 0 Å². The molecule has 0 atom stereocenters. The number of thiophene rings is 1. The van der Waals surface area contributed by atoms with E-state index in [0.717, 1.165) is 5.56 Å². The fourth-order valence-electron chi connectivity index (χ4n) is 0.698. The van der Waals surface area contributed by atoms with Gasteiger partial charge < -0.3 is 0 Å². The molecule has 1 aromatic heterocycles. The van der Waals surface area contributed by atoms with Crippen molar-refractivity contribution in [2.75, 3.05) is 0 Å². The van der Waals surface area contributed by atoms with E-state index < -0.39 is 0 Å². The van der Waals surface area contributed by atoms with Crippen molar-refractivity contribution in [3.8, 4) is 0 Å². The molecule has 1 aromatic rings. The molecule has 1 heterocycles. The van der Waals surface area contributed by atoms with Crippen molar-refractivity contribution >= 4 is 17.4 Å². The molecule has 3 nitrogen and oxygen atoms in total. The maximum absolute atomic E-state index is 8.09. The molecular formula is C7H7N3S. The van der Waals surface area contributed by atoms with Gasteiger partial charge in [-0.3, -0.25) is 0 Å². The first-order valence-electron chi connectivity index (χ1n) is 3.08. The molecule has 1 rings (SSSR count). The molecule has 0 aliphatic heterocycles. The molecule has 0 saturated carbocycles. The first-order chi connectivity index (χ1) is 5.33. The van der Waals surface area contributed by atoms with Crippen molar-refractivity contribution in [2.45, 2.75) is 6.92 Å². The molecule has 0 spiro atoms. The van der Waals surface area contributed by atoms with Crippen molar-refractivity contribution in [3.63, 3.8) is 0 Å². The first-order valence-corrected chi connectivity index (χ1v) is 4.03. The van der Waals surface area contributed by atoms with E-state index in [1.807, 2.05) is 22.9 Å². The molecule has 0 N–H and O–H groups in total. The van der Waals surface area contributed by atoms with Crippen LogP contribution in [0.3, 0.4) is 0 Å². The zero-order valence-corrected chi connectivity index (χ0v) is 6.88. The zero-order valence-electron chi connectivity index (χ0n) is 6.06. The molecule has 0 unspecified atom stereocenters. The lowest BCUT2D eigenvalue weighted by molar-refractivity contribution is 1.30. The second-order valence-electron chi connectivity index (χ2n) is 2.03. The molecule has 0 fully saturated rings. The van der Waals surface area contributed by atoms with Crippen LogP contribution in [-0.4, -0.2) is 0 Å². The van der Waals surface area contributed by atoms with Crippen LogP contribution in [0.15, 0.2) is 27.6 Å². The smallest absolute Gasteiger partial charge is 0.0126 e. The summed E-state index contributed by atoms with van der Waals surface area (Å²) in [6.45, 7) is 1.78. The van der Waals surface area contributed by atoms with Gasteiger partial charge in [0.1, 0.15) is 0 Å². The summed E-state index contributed by atoms with van der Waals surface area (Å²) < 4.78 is 0. The number of nitrogens with zero attached hydrogens (tertiary/aromatic N) is 3. The Balaban J connectivity index is 2.81. The summed E-state index contributed by atoms with van der Waals surface area (Å²) in [4.78, 5) is 2.68. The molecule has 0 amide bonds. The van der Waals surface area contributed by atoms with Gasteiger partial charge in [-0.2, -0.15) is 11.3 Å². The molecule has 11 heavy (non-hydrogen) atoms. The molecule has 0 aliphatic rings. The van der Waals surface area contributed by atoms with Crippen molar-refractivity contribution in [3.05, 3.63) is 38.5 Å². The van der Waals surface area contributed by atoms with Gasteiger partial charge in [-0.15, -0.1) is 0 Å². The summed E-state index contributed by atoms with van der Waals surface area (Å²) in [5.74, 6) is 0. The highest BCUT2D eigenvalue weighted by Crippen LogP contribution is 2.10. The molecular weight excluding hydrogens is 158 g/mol. The predicted octanol–water partition coefficient (Wildman–Crippen LogP) is 3.42. The topological polar surface area (TPSA) is 48.8 Å². The van der Waals surface area contributed by atoms with Crippen LogP contribution in [0.2, 0.25) is 0 Å². The third kappa shape index (κ3) is 2.45. The Morgan fingerprint density at radius 3 is 3.18 bits per heavy atom. The lowest BCUT2D eigenvalue weighted by atomic mass is 10.3. The standard InChI is InChI=1S/C7H7N3S/c1-6(9-10-8)4-7-2-3-11-5-7/h2-5H,1H3/b6-4-. The molecule has 0 radical (unpaired) electrons. The van der Waals surface area contributed by atoms with E-state index in [2.05, 4.69) is 10.0 Å². The molecule has 0 saturated heterocycles. The van der Waals surface area contributed by atoms with Gasteiger partial charge in [0.2, 0.25) is 0 Å². The van der Waals surface area contributed by atoms with Gasteiger partial charge in [0.25, 0.3) is 0 Å². The van der Waals surface area contributed by atoms with Crippen LogP contribution in [0.4, 0.5) is 0 Å². The number of hydrogen-bond acceptors (Lipinski definition) is 2. The maximum Gasteiger partial charge on any atom is 0.0126 e. The van der Waals surface area contributed by atoms with Gasteiger partial charge >= 0.3 is 0 Å². The summed E-state index contributed by atoms with van der Waals surface area (Å²) in [6, 6.07) is 1.97. The minimum Gasteiger partial charge on any atom is -0.152 e. The Labute approximate surface area is 68.6 Å². The third-order valence-electron chi connectivity index (χ3n) is 1.12. The number of allylic oxidation sites excluding steroid dienone is 1. The Kier molecular flexibility index (Phi) is 2.72. The minimum absolute atomic E-state index is 0.686. The number of rotatable bonds is 2. The SMILES string of the molecule is C/C(=C/c1ccsc1)N=[N+]=[N-]. The number of hydrogen-bond donors (Lipinski definition) is 0. The van der Waals surface area contributed by atoms with Crippen LogP contribution in [0.5, 0.6) is 0 Å². The lowest BCUT2D eigenvalue weighted by Crippen LogP contribution is -1.65. The average molecular weight is 165 g/mol. The Morgan fingerprint density at radius 1 is 1.82 bits per heavy atom. The van der Waals surface area contributed by atoms with Crippen LogP contribution in [0, 0.1) is 0 Å². The Hall–Kier alpha value is -1.25. The monoisotopic (exact) mass is 165 g/mol. The van der Waals surface area contributed by atoms with Crippen LogP contribution in [0.1, 0.15) is 12.5 Å². The van der Waals surface area contributed by atoms with Crippen molar-refractivity contribution in [1.82, 2.24) is 0 Å². The minimum atomic E-state index is 0.686. The molecule has 4 heteroatoms. The Morgan fingerprint density at radius 2 is 2.64 bits per heavy atom. The quantitative estimate of drug-likeness (QED) is 0.366. The fraction of sp³-hybridized carbons (Fsp3) is 0.143. The Bertz CT molecular complexity index is 293. The van der Waals surface area contributed by atoms with E-state index in [9.17, 15) is 0 Å². The predicted molar refractivity (Wildman–Crippen MR) is 47.1 cm³/mol. The molecule has 0 aromatic carbocycles. The largest absolute Gasteiger partial charge is 0.152 e. The average Bonchev–Trinajstić information content (AvgIpc) is 2.40. The van der Waals surface area contributed by atoms with E-state index in [-0.39, 0.29) is 0 Å². The summed E-state index contributed by atoms with van der Waals surface area (Å²) in [5, 5.41) is 7.42. The van der Waals surface area contributed by atoms with Gasteiger partial charge in [0.05, 0.1) is 0 Å². The highest BCUT2D eigenvalue weighted by Gasteiger charge is 1.87. The van der Waals surface area contributed by atoms with Gasteiger partial charge in [0, 0.05) is 10.6 Å². The second kappa shape index (κ2) is 3.81. The van der Waals surface area contributed by atoms with Crippen molar-refractivity contribution < 1.29 is 0 Å². The maximum atomic E-state index is 8.09. The van der Waals surface area contributed by atoms with Crippen LogP contribution in [0.25, 0.3) is 16.5 Å². The molecule has 56 valence electrons. The summed E-state index contributed by atoms with van der Waals surface area (Å²) in [5.41, 5.74) is 9.85. The number of azide groups is 1. The first kappa shape index (κ1) is 7.85. The van der Waals surface area contributed by atoms with Gasteiger partial charge in [-0.25, -0.2) is 0 Å². The highest BCUT2D eigenvalue weighted by molar-refractivity contribution is 7.08. The fourth-order valence-corrected chi connectivity index (χ4v) is 1.32. The summed E-state index contributed by atoms with van der Waals surface area (Å²) in [7, 11) is 0. The van der Waals surface area contributed by atoms with E-state index in [1.165, 1.54) is 0 Å². The third-order valence-corrected chi connectivity index (χ3v) is 1.82. The van der Waals surface area contributed by atoms with Gasteiger partial charge in [-0.1, -0.05) is 5.11 Å². The van der Waals surface area contributed by atoms with E-state index in [4.69, 9.17) is 5.53 Å². The zero-order chi connectivity index (χ0) is 8.10. The normalized spacial score (nSPS) is 10.8. The van der Waals surface area contributed by atoms with E-state index in [1.54, 1.807) is 18.3 Å². The van der Waals surface area contributed by atoms with Crippen molar-refractivity contribution in [1.29, 1.82) is 0 Å². The summed E-state index contributed by atoms with van der Waals surface area (Å²) >= 11 is 1.62. The van der Waals surface area contributed by atoms with Crippen LogP contribution >= 0.6 is 11.3 Å².